The van der Waals surface area contributed by atoms with Gasteiger partial charge in [-0.05, 0) is 24.8 Å². The highest BCUT2D eigenvalue weighted by atomic mass is 32.1. The quantitative estimate of drug-likeness (QED) is 0.805. The topological polar surface area (TPSA) is 38.9 Å². The number of nitrogens with two attached hydrogens (primary N) is 1. The Hall–Kier alpha value is -0.410. The fraction of sp³-hybridized carbons (Fsp3) is 0.700. The van der Waals surface area contributed by atoms with Crippen LogP contribution in [0.3, 0.4) is 0 Å². The van der Waals surface area contributed by atoms with Crippen molar-refractivity contribution in [1.29, 1.82) is 0 Å². The lowest BCUT2D eigenvalue weighted by molar-refractivity contribution is 0.306. The van der Waals surface area contributed by atoms with E-state index in [4.69, 9.17) is 5.73 Å². The summed E-state index contributed by atoms with van der Waals surface area (Å²) in [5, 5.41) is 3.31. The van der Waals surface area contributed by atoms with Crippen LogP contribution in [-0.2, 0) is 6.42 Å². The van der Waals surface area contributed by atoms with E-state index in [1.807, 2.05) is 6.20 Å². The Balaban J connectivity index is 2.06. The summed E-state index contributed by atoms with van der Waals surface area (Å²) >= 11 is 1.76. The molecule has 1 fully saturated rings. The highest BCUT2D eigenvalue weighted by Gasteiger charge is 2.33. The van der Waals surface area contributed by atoms with Crippen LogP contribution in [0, 0.1) is 5.41 Å². The van der Waals surface area contributed by atoms with Crippen LogP contribution < -0.4 is 5.73 Å². The minimum Gasteiger partial charge on any atom is -0.330 e. The van der Waals surface area contributed by atoms with Crippen molar-refractivity contribution in [2.45, 2.75) is 32.1 Å². The second-order valence-electron chi connectivity index (χ2n) is 4.01. The summed E-state index contributed by atoms with van der Waals surface area (Å²) in [5.74, 6) is 0. The van der Waals surface area contributed by atoms with Crippen molar-refractivity contribution in [3.8, 4) is 0 Å². The average Bonchev–Trinajstić information content (AvgIpc) is 2.77. The Morgan fingerprint density at radius 2 is 2.23 bits per heavy atom. The van der Waals surface area contributed by atoms with Gasteiger partial charge in [-0.2, -0.15) is 0 Å². The molecule has 2 nitrogen and oxygen atoms in total. The first-order valence-electron chi connectivity index (χ1n) is 4.93. The van der Waals surface area contributed by atoms with Gasteiger partial charge in [-0.3, -0.25) is 0 Å². The first-order chi connectivity index (χ1) is 6.35. The molecule has 0 aromatic carbocycles. The van der Waals surface area contributed by atoms with Gasteiger partial charge in [0.15, 0.2) is 0 Å². The molecule has 1 aromatic heterocycles. The summed E-state index contributed by atoms with van der Waals surface area (Å²) < 4.78 is 0. The molecular weight excluding hydrogens is 180 g/mol. The van der Waals surface area contributed by atoms with E-state index in [9.17, 15) is 0 Å². The zero-order chi connectivity index (χ0) is 9.15. The van der Waals surface area contributed by atoms with Crippen LogP contribution in [0.25, 0.3) is 0 Å². The van der Waals surface area contributed by atoms with Crippen LogP contribution in [0.15, 0.2) is 11.6 Å². The minimum atomic E-state index is 0.387. The van der Waals surface area contributed by atoms with Gasteiger partial charge in [-0.15, -0.1) is 11.3 Å². The van der Waals surface area contributed by atoms with Gasteiger partial charge < -0.3 is 5.73 Å². The molecule has 3 heteroatoms. The second kappa shape index (κ2) is 3.76. The predicted molar refractivity (Wildman–Crippen MR) is 55.8 cm³/mol. The monoisotopic (exact) mass is 196 g/mol. The van der Waals surface area contributed by atoms with Crippen molar-refractivity contribution >= 4 is 11.3 Å². The van der Waals surface area contributed by atoms with Gasteiger partial charge in [-0.25, -0.2) is 4.98 Å². The molecule has 0 amide bonds. The first-order valence-corrected chi connectivity index (χ1v) is 5.81. The van der Waals surface area contributed by atoms with E-state index < -0.39 is 0 Å². The number of hydrogen-bond acceptors (Lipinski definition) is 3. The third-order valence-corrected chi connectivity index (χ3v) is 3.89. The summed E-state index contributed by atoms with van der Waals surface area (Å²) in [6.45, 7) is 0.826. The van der Waals surface area contributed by atoms with Gasteiger partial charge in [0.25, 0.3) is 0 Å². The molecule has 0 aliphatic heterocycles. The SMILES string of the molecule is NCC1(Cc2nccs2)CCCC1. The van der Waals surface area contributed by atoms with Gasteiger partial charge in [-0.1, -0.05) is 12.8 Å². The largest absolute Gasteiger partial charge is 0.330 e. The Morgan fingerprint density at radius 1 is 1.46 bits per heavy atom. The lowest BCUT2D eigenvalue weighted by atomic mass is 9.83. The highest BCUT2D eigenvalue weighted by molar-refractivity contribution is 7.09. The average molecular weight is 196 g/mol. The Bertz CT molecular complexity index is 250. The van der Waals surface area contributed by atoms with Gasteiger partial charge in [0.1, 0.15) is 0 Å². The molecule has 0 bridgehead atoms. The normalized spacial score (nSPS) is 20.7. The molecule has 2 N–H and O–H groups in total. The van der Waals surface area contributed by atoms with Crippen LogP contribution in [0.2, 0.25) is 0 Å². The molecule has 13 heavy (non-hydrogen) atoms. The third-order valence-electron chi connectivity index (χ3n) is 3.11. The fourth-order valence-electron chi connectivity index (χ4n) is 2.24. The fourth-order valence-corrected chi connectivity index (χ4v) is 3.03. The standard InChI is InChI=1S/C10H16N2S/c11-8-10(3-1-2-4-10)7-9-12-5-6-13-9/h5-6H,1-4,7-8,11H2. The number of nitrogens with zero attached hydrogens (tertiary/aromatic N) is 1. The molecule has 0 unspecified atom stereocenters. The van der Waals surface area contributed by atoms with Crippen LogP contribution in [0.5, 0.6) is 0 Å². The molecule has 2 rings (SSSR count). The summed E-state index contributed by atoms with van der Waals surface area (Å²) in [6.07, 6.45) is 8.28. The summed E-state index contributed by atoms with van der Waals surface area (Å²) in [4.78, 5) is 4.34. The van der Waals surface area contributed by atoms with Crippen LogP contribution >= 0.6 is 11.3 Å². The Morgan fingerprint density at radius 3 is 2.77 bits per heavy atom. The van der Waals surface area contributed by atoms with E-state index in [0.29, 0.717) is 5.41 Å². The van der Waals surface area contributed by atoms with Crippen molar-refractivity contribution < 1.29 is 0 Å². The molecule has 1 heterocycles. The van der Waals surface area contributed by atoms with Gasteiger partial charge in [0.2, 0.25) is 0 Å². The lowest BCUT2D eigenvalue weighted by Crippen LogP contribution is -2.29. The second-order valence-corrected chi connectivity index (χ2v) is 4.99. The van der Waals surface area contributed by atoms with Crippen molar-refractivity contribution in [2.75, 3.05) is 6.54 Å². The van der Waals surface area contributed by atoms with Gasteiger partial charge in [0, 0.05) is 18.0 Å². The van der Waals surface area contributed by atoms with E-state index in [1.54, 1.807) is 11.3 Å². The molecule has 1 saturated carbocycles. The molecule has 0 saturated heterocycles. The molecule has 0 spiro atoms. The predicted octanol–water partition coefficient (Wildman–Crippen LogP) is 2.20. The molecule has 1 aliphatic rings. The van der Waals surface area contributed by atoms with Crippen molar-refractivity contribution in [3.05, 3.63) is 16.6 Å². The molecule has 1 aromatic rings. The van der Waals surface area contributed by atoms with Crippen molar-refractivity contribution in [3.63, 3.8) is 0 Å². The third kappa shape index (κ3) is 1.92. The maximum absolute atomic E-state index is 5.86. The Kier molecular flexibility index (Phi) is 2.65. The highest BCUT2D eigenvalue weighted by Crippen LogP contribution is 2.40. The Labute approximate surface area is 83.2 Å². The number of aromatic nitrogens is 1. The lowest BCUT2D eigenvalue weighted by Gasteiger charge is -2.25. The zero-order valence-corrected chi connectivity index (χ0v) is 8.65. The van der Waals surface area contributed by atoms with Gasteiger partial charge >= 0.3 is 0 Å². The van der Waals surface area contributed by atoms with Gasteiger partial charge in [0.05, 0.1) is 5.01 Å². The van der Waals surface area contributed by atoms with E-state index in [2.05, 4.69) is 10.4 Å². The van der Waals surface area contributed by atoms with Crippen molar-refractivity contribution in [2.24, 2.45) is 11.1 Å². The summed E-state index contributed by atoms with van der Waals surface area (Å²) in [7, 11) is 0. The molecule has 1 aliphatic carbocycles. The first kappa shape index (κ1) is 9.16. The van der Waals surface area contributed by atoms with Crippen molar-refractivity contribution in [1.82, 2.24) is 4.98 Å². The zero-order valence-electron chi connectivity index (χ0n) is 7.83. The molecule has 0 radical (unpaired) electrons. The number of hydrogen-bond donors (Lipinski definition) is 1. The van der Waals surface area contributed by atoms with Crippen LogP contribution in [0.1, 0.15) is 30.7 Å². The molecule has 72 valence electrons. The molecular formula is C10H16N2S. The number of rotatable bonds is 3. The summed E-state index contributed by atoms with van der Waals surface area (Å²) in [5.41, 5.74) is 6.25. The van der Waals surface area contributed by atoms with E-state index in [-0.39, 0.29) is 0 Å². The van der Waals surface area contributed by atoms with Crippen LogP contribution in [0.4, 0.5) is 0 Å². The molecule has 0 atom stereocenters. The minimum absolute atomic E-state index is 0.387. The van der Waals surface area contributed by atoms with E-state index >= 15 is 0 Å². The van der Waals surface area contributed by atoms with E-state index in [0.717, 1.165) is 13.0 Å². The maximum Gasteiger partial charge on any atom is 0.0930 e. The van der Waals surface area contributed by atoms with E-state index in [1.165, 1.54) is 30.7 Å². The van der Waals surface area contributed by atoms with Crippen LogP contribution in [-0.4, -0.2) is 11.5 Å². The summed E-state index contributed by atoms with van der Waals surface area (Å²) in [6, 6.07) is 0. The number of thiazole rings is 1. The maximum atomic E-state index is 5.86. The smallest absolute Gasteiger partial charge is 0.0930 e.